The van der Waals surface area contributed by atoms with Crippen molar-refractivity contribution in [2.75, 3.05) is 11.9 Å². The Morgan fingerprint density at radius 1 is 1.29 bits per heavy atom. The van der Waals surface area contributed by atoms with E-state index in [1.54, 1.807) is 12.5 Å². The second-order valence-electron chi connectivity index (χ2n) is 8.06. The van der Waals surface area contributed by atoms with Crippen molar-refractivity contribution in [2.45, 2.75) is 25.8 Å². The molecule has 0 bridgehead atoms. The molecule has 0 amide bonds. The highest BCUT2D eigenvalue weighted by molar-refractivity contribution is 6.32. The number of aromatic nitrogens is 3. The van der Waals surface area contributed by atoms with E-state index < -0.39 is 0 Å². The second-order valence-corrected chi connectivity index (χ2v) is 8.47. The van der Waals surface area contributed by atoms with Crippen LogP contribution in [0.5, 0.6) is 5.75 Å². The van der Waals surface area contributed by atoms with Crippen LogP contribution < -0.4 is 15.6 Å². The highest BCUT2D eigenvalue weighted by atomic mass is 35.5. The molecule has 4 aromatic rings. The molecule has 0 spiro atoms. The third-order valence-corrected chi connectivity index (χ3v) is 5.89. The number of hydrogen-bond donors (Lipinski definition) is 2. The molecule has 1 aliphatic rings. The van der Waals surface area contributed by atoms with Crippen LogP contribution in [0.25, 0.3) is 16.6 Å². The minimum absolute atomic E-state index is 0.131. The predicted molar refractivity (Wildman–Crippen MR) is 123 cm³/mol. The maximum Gasteiger partial charge on any atom is 0.253 e. The Bertz CT molecular complexity index is 1280. The standard InChI is InChI=1S/C24H23ClN4O2/c1-15(27-18-3-2-4-19(11-18)29-8-7-26-14-29)20-9-17-10-21(25)23(31-13-16-5-6-16)12-22(17)28-24(20)30/h2-4,7-12,14-16,27H,5-6,13H2,1H3,(H,28,30)/t15-/m0/s1. The highest BCUT2D eigenvalue weighted by Gasteiger charge is 2.22. The molecule has 2 aromatic carbocycles. The van der Waals surface area contributed by atoms with Crippen LogP contribution >= 0.6 is 11.6 Å². The third kappa shape index (κ3) is 4.30. The lowest BCUT2D eigenvalue weighted by Crippen LogP contribution is -2.19. The van der Waals surface area contributed by atoms with E-state index in [4.69, 9.17) is 16.3 Å². The zero-order chi connectivity index (χ0) is 21.4. The number of benzene rings is 2. The first-order chi connectivity index (χ1) is 15.1. The van der Waals surface area contributed by atoms with Crippen LogP contribution in [0.4, 0.5) is 5.69 Å². The zero-order valence-electron chi connectivity index (χ0n) is 17.1. The lowest BCUT2D eigenvalue weighted by molar-refractivity contribution is 0.300. The number of hydrogen-bond acceptors (Lipinski definition) is 4. The first-order valence-electron chi connectivity index (χ1n) is 10.4. The molecular formula is C24H23ClN4O2. The summed E-state index contributed by atoms with van der Waals surface area (Å²) in [7, 11) is 0. The van der Waals surface area contributed by atoms with E-state index in [-0.39, 0.29) is 11.6 Å². The Hall–Kier alpha value is -3.25. The molecule has 7 heteroatoms. The van der Waals surface area contributed by atoms with Crippen molar-refractivity contribution in [3.05, 3.63) is 82.1 Å². The predicted octanol–water partition coefficient (Wildman–Crippen LogP) is 5.33. The van der Waals surface area contributed by atoms with Crippen molar-refractivity contribution in [1.82, 2.24) is 14.5 Å². The first-order valence-corrected chi connectivity index (χ1v) is 10.8. The molecule has 2 N–H and O–H groups in total. The summed E-state index contributed by atoms with van der Waals surface area (Å²) in [6, 6.07) is 13.3. The average molecular weight is 435 g/mol. The molecule has 1 saturated carbocycles. The number of ether oxygens (including phenoxy) is 1. The summed E-state index contributed by atoms with van der Waals surface area (Å²) in [5.74, 6) is 1.25. The maximum absolute atomic E-state index is 12.8. The molecule has 1 aliphatic carbocycles. The van der Waals surface area contributed by atoms with Gasteiger partial charge in [0.15, 0.2) is 0 Å². The van der Waals surface area contributed by atoms with Gasteiger partial charge < -0.3 is 19.6 Å². The number of aromatic amines is 1. The van der Waals surface area contributed by atoms with E-state index in [0.29, 0.717) is 28.9 Å². The van der Waals surface area contributed by atoms with E-state index >= 15 is 0 Å². The lowest BCUT2D eigenvalue weighted by Gasteiger charge is -2.17. The molecule has 2 aromatic heterocycles. The van der Waals surface area contributed by atoms with Crippen LogP contribution in [0.2, 0.25) is 5.02 Å². The monoisotopic (exact) mass is 434 g/mol. The van der Waals surface area contributed by atoms with E-state index in [0.717, 1.165) is 22.3 Å². The number of pyridine rings is 1. The molecule has 0 unspecified atom stereocenters. The first kappa shape index (κ1) is 19.7. The lowest BCUT2D eigenvalue weighted by atomic mass is 10.1. The van der Waals surface area contributed by atoms with Crippen molar-refractivity contribution in [1.29, 1.82) is 0 Å². The number of imidazole rings is 1. The van der Waals surface area contributed by atoms with Crippen molar-refractivity contribution in [3.8, 4) is 11.4 Å². The number of fused-ring (bicyclic) bond motifs is 1. The van der Waals surface area contributed by atoms with Gasteiger partial charge in [-0.05, 0) is 56.0 Å². The molecule has 0 aliphatic heterocycles. The van der Waals surface area contributed by atoms with Crippen molar-refractivity contribution < 1.29 is 4.74 Å². The number of anilines is 1. The van der Waals surface area contributed by atoms with E-state index in [9.17, 15) is 4.79 Å². The second kappa shape index (κ2) is 8.12. The molecule has 31 heavy (non-hydrogen) atoms. The van der Waals surface area contributed by atoms with Gasteiger partial charge in [0.05, 0.1) is 29.5 Å². The summed E-state index contributed by atoms with van der Waals surface area (Å²) < 4.78 is 7.77. The molecule has 0 radical (unpaired) electrons. The topological polar surface area (TPSA) is 71.9 Å². The van der Waals surface area contributed by atoms with Crippen molar-refractivity contribution >= 4 is 28.2 Å². The Morgan fingerprint density at radius 3 is 2.94 bits per heavy atom. The van der Waals surface area contributed by atoms with Crippen molar-refractivity contribution in [2.24, 2.45) is 5.92 Å². The molecule has 1 fully saturated rings. The number of H-pyrrole nitrogens is 1. The van der Waals surface area contributed by atoms with Gasteiger partial charge in [-0.2, -0.15) is 0 Å². The normalized spacial score (nSPS) is 14.5. The molecular weight excluding hydrogens is 412 g/mol. The third-order valence-electron chi connectivity index (χ3n) is 5.60. The van der Waals surface area contributed by atoms with E-state index in [1.165, 1.54) is 12.8 Å². The largest absolute Gasteiger partial charge is 0.492 e. The van der Waals surface area contributed by atoms with Gasteiger partial charge in [-0.15, -0.1) is 0 Å². The van der Waals surface area contributed by atoms with Gasteiger partial charge in [0.2, 0.25) is 0 Å². The molecule has 2 heterocycles. The minimum Gasteiger partial charge on any atom is -0.492 e. The van der Waals surface area contributed by atoms with Crippen LogP contribution in [0, 0.1) is 5.92 Å². The Morgan fingerprint density at radius 2 is 2.16 bits per heavy atom. The van der Waals surface area contributed by atoms with Crippen LogP contribution in [-0.4, -0.2) is 21.1 Å². The fourth-order valence-corrected chi connectivity index (χ4v) is 3.87. The summed E-state index contributed by atoms with van der Waals surface area (Å²) in [6.45, 7) is 2.64. The fourth-order valence-electron chi connectivity index (χ4n) is 3.64. The van der Waals surface area contributed by atoms with E-state index in [1.807, 2.05) is 60.2 Å². The maximum atomic E-state index is 12.8. The Kier molecular flexibility index (Phi) is 5.16. The van der Waals surface area contributed by atoms with Crippen LogP contribution in [-0.2, 0) is 0 Å². The van der Waals surface area contributed by atoms with Crippen molar-refractivity contribution in [3.63, 3.8) is 0 Å². The van der Waals surface area contributed by atoms with Gasteiger partial charge in [-0.25, -0.2) is 4.98 Å². The van der Waals surface area contributed by atoms with Gasteiger partial charge in [0.1, 0.15) is 5.75 Å². The molecule has 0 saturated heterocycles. The smallest absolute Gasteiger partial charge is 0.253 e. The summed E-state index contributed by atoms with van der Waals surface area (Å²) in [5, 5.41) is 4.85. The molecule has 5 rings (SSSR count). The minimum atomic E-state index is -0.198. The summed E-state index contributed by atoms with van der Waals surface area (Å²) in [4.78, 5) is 19.9. The SMILES string of the molecule is C[C@H](Nc1cccc(-n2ccnc2)c1)c1cc2cc(Cl)c(OCC3CC3)cc2[nH]c1=O. The van der Waals surface area contributed by atoms with Gasteiger partial charge in [-0.3, -0.25) is 4.79 Å². The van der Waals surface area contributed by atoms with Crippen LogP contribution in [0.1, 0.15) is 31.4 Å². The molecule has 6 nitrogen and oxygen atoms in total. The van der Waals surface area contributed by atoms with Gasteiger partial charge >= 0.3 is 0 Å². The van der Waals surface area contributed by atoms with Gasteiger partial charge in [0, 0.05) is 40.8 Å². The Balaban J connectivity index is 1.40. The number of rotatable bonds is 7. The average Bonchev–Trinajstić information content (AvgIpc) is 3.42. The fraction of sp³-hybridized carbons (Fsp3) is 0.250. The number of nitrogens with one attached hydrogen (secondary N) is 2. The number of halogens is 1. The van der Waals surface area contributed by atoms with Gasteiger partial charge in [-0.1, -0.05) is 17.7 Å². The highest BCUT2D eigenvalue weighted by Crippen LogP contribution is 2.34. The zero-order valence-corrected chi connectivity index (χ0v) is 17.9. The van der Waals surface area contributed by atoms with Gasteiger partial charge in [0.25, 0.3) is 5.56 Å². The van der Waals surface area contributed by atoms with E-state index in [2.05, 4.69) is 15.3 Å². The molecule has 1 atom stereocenters. The quantitative estimate of drug-likeness (QED) is 0.412. The summed E-state index contributed by atoms with van der Waals surface area (Å²) >= 11 is 6.43. The summed E-state index contributed by atoms with van der Waals surface area (Å²) in [6.07, 6.45) is 7.81. The summed E-state index contributed by atoms with van der Waals surface area (Å²) in [5.41, 5.74) is 3.14. The Labute approximate surface area is 184 Å². The number of nitrogens with zero attached hydrogens (tertiary/aromatic N) is 2. The van der Waals surface area contributed by atoms with Crippen LogP contribution in [0.15, 0.2) is 66.0 Å². The van der Waals surface area contributed by atoms with Crippen LogP contribution in [0.3, 0.4) is 0 Å². The molecule has 158 valence electrons.